The lowest BCUT2D eigenvalue weighted by molar-refractivity contribution is 0.282. The normalized spacial score (nSPS) is 22.5. The van der Waals surface area contributed by atoms with Crippen LogP contribution < -0.4 is 4.72 Å². The third-order valence-electron chi connectivity index (χ3n) is 4.84. The van der Waals surface area contributed by atoms with Gasteiger partial charge >= 0.3 is 0 Å². The van der Waals surface area contributed by atoms with E-state index in [9.17, 15) is 8.42 Å². The molecule has 0 saturated heterocycles. The van der Waals surface area contributed by atoms with Crippen LogP contribution in [0.2, 0.25) is 0 Å². The van der Waals surface area contributed by atoms with Crippen molar-refractivity contribution < 1.29 is 13.5 Å². The van der Waals surface area contributed by atoms with E-state index in [1.807, 2.05) is 30.3 Å². The molecule has 4 rings (SSSR count). The SMILES string of the molecule is C[C@]1(c2ccccc2)C[C@@H]1NS(=O)(=O)c1ccc(-n2cc(CO)cn2)s1. The summed E-state index contributed by atoms with van der Waals surface area (Å²) in [4.78, 5) is 0. The van der Waals surface area contributed by atoms with E-state index < -0.39 is 10.0 Å². The van der Waals surface area contributed by atoms with Gasteiger partial charge in [-0.05, 0) is 24.1 Å². The largest absolute Gasteiger partial charge is 0.392 e. The molecule has 0 amide bonds. The molecule has 2 N–H and O–H groups in total. The van der Waals surface area contributed by atoms with Crippen LogP contribution in [0, 0.1) is 0 Å². The highest BCUT2D eigenvalue weighted by Crippen LogP contribution is 2.48. The molecule has 26 heavy (non-hydrogen) atoms. The molecule has 0 aliphatic heterocycles. The van der Waals surface area contributed by atoms with Gasteiger partial charge in [-0.2, -0.15) is 5.10 Å². The Morgan fingerprint density at radius 2 is 2.08 bits per heavy atom. The lowest BCUT2D eigenvalue weighted by Gasteiger charge is -2.12. The molecule has 1 fully saturated rings. The van der Waals surface area contributed by atoms with E-state index in [4.69, 9.17) is 5.11 Å². The molecular weight excluding hydrogens is 370 g/mol. The maximum absolute atomic E-state index is 12.7. The molecule has 1 aromatic carbocycles. The van der Waals surface area contributed by atoms with E-state index >= 15 is 0 Å². The summed E-state index contributed by atoms with van der Waals surface area (Å²) in [6.45, 7) is 1.98. The van der Waals surface area contributed by atoms with Gasteiger partial charge in [0.25, 0.3) is 0 Å². The first-order chi connectivity index (χ1) is 12.4. The second kappa shape index (κ2) is 6.31. The van der Waals surface area contributed by atoms with Gasteiger partial charge in [-0.15, -0.1) is 11.3 Å². The molecule has 0 spiro atoms. The lowest BCUT2D eigenvalue weighted by Crippen LogP contribution is -2.29. The van der Waals surface area contributed by atoms with Gasteiger partial charge in [-0.25, -0.2) is 17.8 Å². The van der Waals surface area contributed by atoms with Crippen LogP contribution in [-0.2, 0) is 22.0 Å². The van der Waals surface area contributed by atoms with Crippen LogP contribution >= 0.6 is 11.3 Å². The van der Waals surface area contributed by atoms with Gasteiger partial charge in [0.2, 0.25) is 10.0 Å². The zero-order valence-electron chi connectivity index (χ0n) is 14.2. The zero-order chi connectivity index (χ0) is 18.4. The van der Waals surface area contributed by atoms with E-state index in [-0.39, 0.29) is 22.3 Å². The predicted molar refractivity (Wildman–Crippen MR) is 99.9 cm³/mol. The zero-order valence-corrected chi connectivity index (χ0v) is 15.8. The summed E-state index contributed by atoms with van der Waals surface area (Å²) >= 11 is 1.15. The van der Waals surface area contributed by atoms with Crippen molar-refractivity contribution in [3.05, 3.63) is 66.0 Å². The molecule has 1 aliphatic rings. The van der Waals surface area contributed by atoms with Crippen LogP contribution in [0.5, 0.6) is 0 Å². The number of sulfonamides is 1. The highest BCUT2D eigenvalue weighted by Gasteiger charge is 2.53. The predicted octanol–water partition coefficient (Wildman–Crippen LogP) is 2.43. The van der Waals surface area contributed by atoms with Crippen molar-refractivity contribution in [2.45, 2.75) is 35.6 Å². The van der Waals surface area contributed by atoms with Gasteiger partial charge in [0, 0.05) is 23.2 Å². The average molecular weight is 390 g/mol. The number of benzene rings is 1. The van der Waals surface area contributed by atoms with E-state index in [1.165, 1.54) is 0 Å². The minimum atomic E-state index is -3.58. The highest BCUT2D eigenvalue weighted by molar-refractivity contribution is 7.91. The fourth-order valence-electron chi connectivity index (χ4n) is 3.06. The van der Waals surface area contributed by atoms with Crippen molar-refractivity contribution in [3.8, 4) is 5.00 Å². The molecule has 0 bridgehead atoms. The topological polar surface area (TPSA) is 84.2 Å². The van der Waals surface area contributed by atoms with Crippen LogP contribution in [0.3, 0.4) is 0 Å². The van der Waals surface area contributed by atoms with Crippen molar-refractivity contribution in [2.75, 3.05) is 0 Å². The summed E-state index contributed by atoms with van der Waals surface area (Å²) in [6, 6.07) is 13.2. The van der Waals surface area contributed by atoms with Crippen molar-refractivity contribution in [1.82, 2.24) is 14.5 Å². The van der Waals surface area contributed by atoms with Crippen LogP contribution in [0.1, 0.15) is 24.5 Å². The van der Waals surface area contributed by atoms with Crippen LogP contribution in [0.15, 0.2) is 59.1 Å². The Morgan fingerprint density at radius 1 is 1.31 bits per heavy atom. The van der Waals surface area contributed by atoms with E-state index in [1.54, 1.807) is 29.2 Å². The van der Waals surface area contributed by atoms with E-state index in [2.05, 4.69) is 16.7 Å². The first-order valence-corrected chi connectivity index (χ1v) is 10.5. The minimum Gasteiger partial charge on any atom is -0.392 e. The molecule has 1 aliphatic carbocycles. The number of thiophene rings is 1. The number of aliphatic hydroxyl groups is 1. The second-order valence-electron chi connectivity index (χ2n) is 6.71. The standard InChI is InChI=1S/C18H19N3O3S2/c1-18(14-5-3-2-4-6-14)9-15(18)20-26(23,24)17-8-7-16(25-17)21-11-13(12-22)10-19-21/h2-8,10-11,15,20,22H,9,12H2,1H3/t15-,18+/m0/s1. The summed E-state index contributed by atoms with van der Waals surface area (Å²) in [5, 5.41) is 14.0. The molecule has 3 aromatic rings. The molecule has 8 heteroatoms. The fourth-order valence-corrected chi connectivity index (χ4v) is 5.65. The first kappa shape index (κ1) is 17.4. The number of aromatic nitrogens is 2. The molecule has 136 valence electrons. The summed E-state index contributed by atoms with van der Waals surface area (Å²) < 4.78 is 30.1. The van der Waals surface area contributed by atoms with Gasteiger partial charge < -0.3 is 5.11 Å². The summed E-state index contributed by atoms with van der Waals surface area (Å²) in [7, 11) is -3.58. The Labute approximate surface area is 156 Å². The summed E-state index contributed by atoms with van der Waals surface area (Å²) in [6.07, 6.45) is 4.03. The molecule has 6 nitrogen and oxygen atoms in total. The second-order valence-corrected chi connectivity index (χ2v) is 9.71. The Balaban J connectivity index is 1.51. The third-order valence-corrected chi connectivity index (χ3v) is 7.88. The molecule has 2 aromatic heterocycles. The van der Waals surface area contributed by atoms with Crippen molar-refractivity contribution in [1.29, 1.82) is 0 Å². The van der Waals surface area contributed by atoms with Crippen molar-refractivity contribution in [3.63, 3.8) is 0 Å². The average Bonchev–Trinajstić information content (AvgIpc) is 3.08. The van der Waals surface area contributed by atoms with Gasteiger partial charge in [-0.3, -0.25) is 0 Å². The van der Waals surface area contributed by atoms with Gasteiger partial charge in [0.1, 0.15) is 9.21 Å². The number of nitrogens with one attached hydrogen (secondary N) is 1. The quantitative estimate of drug-likeness (QED) is 0.678. The smallest absolute Gasteiger partial charge is 0.250 e. The minimum absolute atomic E-state index is 0.0994. The van der Waals surface area contributed by atoms with Gasteiger partial charge in [0.15, 0.2) is 0 Å². The van der Waals surface area contributed by atoms with Crippen LogP contribution in [0.25, 0.3) is 5.00 Å². The molecule has 1 saturated carbocycles. The number of rotatable bonds is 6. The Morgan fingerprint density at radius 3 is 2.77 bits per heavy atom. The highest BCUT2D eigenvalue weighted by atomic mass is 32.2. The molecular formula is C18H19N3O3S2. The van der Waals surface area contributed by atoms with Crippen molar-refractivity contribution in [2.24, 2.45) is 0 Å². The summed E-state index contributed by atoms with van der Waals surface area (Å²) in [5.41, 5.74) is 1.66. The lowest BCUT2D eigenvalue weighted by atomic mass is 9.98. The maximum atomic E-state index is 12.7. The van der Waals surface area contributed by atoms with Gasteiger partial charge in [-0.1, -0.05) is 37.3 Å². The first-order valence-electron chi connectivity index (χ1n) is 8.25. The van der Waals surface area contributed by atoms with Crippen LogP contribution in [0.4, 0.5) is 0 Å². The maximum Gasteiger partial charge on any atom is 0.250 e. The Hall–Kier alpha value is -2.00. The molecule has 2 heterocycles. The number of hydrogen-bond donors (Lipinski definition) is 2. The van der Waals surface area contributed by atoms with Gasteiger partial charge in [0.05, 0.1) is 12.8 Å². The fraction of sp³-hybridized carbons (Fsp3) is 0.278. The third kappa shape index (κ3) is 3.09. The van der Waals surface area contributed by atoms with E-state index in [0.29, 0.717) is 10.6 Å². The number of nitrogens with zero attached hydrogens (tertiary/aromatic N) is 2. The Bertz CT molecular complexity index is 1030. The molecule has 0 radical (unpaired) electrons. The van der Waals surface area contributed by atoms with E-state index in [0.717, 1.165) is 23.3 Å². The number of hydrogen-bond acceptors (Lipinski definition) is 5. The Kier molecular flexibility index (Phi) is 4.23. The molecule has 2 atom stereocenters. The van der Waals surface area contributed by atoms with Crippen LogP contribution in [-0.4, -0.2) is 29.3 Å². The molecule has 0 unspecified atom stereocenters. The monoisotopic (exact) mass is 389 g/mol. The van der Waals surface area contributed by atoms with Crippen molar-refractivity contribution >= 4 is 21.4 Å². The number of aliphatic hydroxyl groups excluding tert-OH is 1. The summed E-state index contributed by atoms with van der Waals surface area (Å²) in [5.74, 6) is 0.